The van der Waals surface area contributed by atoms with Crippen LogP contribution < -0.4 is 0 Å². The van der Waals surface area contributed by atoms with Crippen molar-refractivity contribution in [1.82, 2.24) is 14.8 Å². The third-order valence-electron chi connectivity index (χ3n) is 4.35. The van der Waals surface area contributed by atoms with E-state index in [1.165, 1.54) is 6.33 Å². The summed E-state index contributed by atoms with van der Waals surface area (Å²) in [4.78, 5) is 16.0. The Morgan fingerprint density at radius 1 is 1.63 bits per heavy atom. The number of aromatic nitrogens is 3. The summed E-state index contributed by atoms with van der Waals surface area (Å²) in [7, 11) is 0. The lowest BCUT2D eigenvalue weighted by molar-refractivity contribution is -0.152. The Bertz CT molecular complexity index is 499. The Balaban J connectivity index is 1.91. The van der Waals surface area contributed by atoms with E-state index in [0.717, 1.165) is 18.7 Å². The molecule has 0 amide bonds. The first kappa shape index (κ1) is 12.6. The maximum Gasteiger partial charge on any atom is 0.312 e. The molecule has 0 saturated carbocycles. The monoisotopic (exact) mass is 265 g/mol. The van der Waals surface area contributed by atoms with Crippen LogP contribution in [0.3, 0.4) is 0 Å². The minimum absolute atomic E-state index is 0.108. The van der Waals surface area contributed by atoms with Crippen LogP contribution in [0.25, 0.3) is 0 Å². The third kappa shape index (κ3) is 1.85. The Morgan fingerprint density at radius 2 is 2.42 bits per heavy atom. The maximum atomic E-state index is 11.8. The summed E-state index contributed by atoms with van der Waals surface area (Å²) in [5.74, 6) is -0.0217. The molecule has 3 heterocycles. The molecule has 2 saturated heterocycles. The molecular formula is C13H19N3O3. The maximum absolute atomic E-state index is 11.8. The normalized spacial score (nSPS) is 33.2. The van der Waals surface area contributed by atoms with E-state index in [9.17, 15) is 9.90 Å². The van der Waals surface area contributed by atoms with Crippen LogP contribution in [0.5, 0.6) is 0 Å². The average molecular weight is 265 g/mol. The summed E-state index contributed by atoms with van der Waals surface area (Å²) >= 11 is 0. The molecule has 104 valence electrons. The van der Waals surface area contributed by atoms with Crippen LogP contribution in [0.4, 0.5) is 0 Å². The molecule has 6 heteroatoms. The molecule has 0 aromatic carbocycles. The van der Waals surface area contributed by atoms with Gasteiger partial charge in [0.25, 0.3) is 0 Å². The topological polar surface area (TPSA) is 77.2 Å². The summed E-state index contributed by atoms with van der Waals surface area (Å²) in [6.07, 6.45) is 4.26. The number of hydrogen-bond donors (Lipinski definition) is 1. The Labute approximate surface area is 111 Å². The van der Waals surface area contributed by atoms with E-state index < -0.39 is 11.4 Å². The Hall–Kier alpha value is -1.43. The molecule has 2 bridgehead atoms. The molecule has 2 aliphatic rings. The van der Waals surface area contributed by atoms with Gasteiger partial charge in [0, 0.05) is 12.5 Å². The summed E-state index contributed by atoms with van der Waals surface area (Å²) < 4.78 is 7.56. The Kier molecular flexibility index (Phi) is 2.85. The van der Waals surface area contributed by atoms with Crippen molar-refractivity contribution in [2.45, 2.75) is 57.8 Å². The predicted molar refractivity (Wildman–Crippen MR) is 66.7 cm³/mol. The quantitative estimate of drug-likeness (QED) is 0.891. The highest BCUT2D eigenvalue weighted by Crippen LogP contribution is 2.49. The summed E-state index contributed by atoms with van der Waals surface area (Å²) in [5, 5.41) is 13.9. The smallest absolute Gasteiger partial charge is 0.312 e. The highest BCUT2D eigenvalue weighted by atomic mass is 16.5. The van der Waals surface area contributed by atoms with Crippen LogP contribution in [0.15, 0.2) is 6.33 Å². The number of rotatable bonds is 4. The summed E-state index contributed by atoms with van der Waals surface area (Å²) in [6, 6.07) is 0.183. The van der Waals surface area contributed by atoms with Crippen molar-refractivity contribution in [1.29, 1.82) is 0 Å². The van der Waals surface area contributed by atoms with Gasteiger partial charge in [0.2, 0.25) is 0 Å². The highest BCUT2D eigenvalue weighted by molar-refractivity contribution is 5.76. The number of ether oxygens (including phenoxy) is 1. The van der Waals surface area contributed by atoms with E-state index in [0.29, 0.717) is 12.8 Å². The zero-order valence-electron chi connectivity index (χ0n) is 11.2. The molecule has 2 fully saturated rings. The first-order chi connectivity index (χ1) is 9.03. The zero-order valence-corrected chi connectivity index (χ0v) is 11.2. The predicted octanol–water partition coefficient (Wildman–Crippen LogP) is 1.42. The van der Waals surface area contributed by atoms with Crippen molar-refractivity contribution >= 4 is 5.97 Å². The lowest BCUT2D eigenvalue weighted by Gasteiger charge is -2.30. The fourth-order valence-corrected chi connectivity index (χ4v) is 3.40. The number of hydrogen-bond acceptors (Lipinski definition) is 4. The molecule has 2 aliphatic heterocycles. The number of carboxylic acids is 1. The summed E-state index contributed by atoms with van der Waals surface area (Å²) in [5.41, 5.74) is -0.817. The van der Waals surface area contributed by atoms with E-state index in [4.69, 9.17) is 4.74 Å². The van der Waals surface area contributed by atoms with Gasteiger partial charge in [-0.1, -0.05) is 0 Å². The van der Waals surface area contributed by atoms with Crippen molar-refractivity contribution in [2.24, 2.45) is 5.41 Å². The largest absolute Gasteiger partial charge is 0.481 e. The van der Waals surface area contributed by atoms with Crippen molar-refractivity contribution < 1.29 is 14.6 Å². The van der Waals surface area contributed by atoms with Gasteiger partial charge in [-0.3, -0.25) is 4.79 Å². The minimum Gasteiger partial charge on any atom is -0.481 e. The molecule has 1 aromatic heterocycles. The molecule has 0 spiro atoms. The van der Waals surface area contributed by atoms with Crippen molar-refractivity contribution in [3.8, 4) is 0 Å². The molecule has 19 heavy (non-hydrogen) atoms. The van der Waals surface area contributed by atoms with Gasteiger partial charge >= 0.3 is 5.97 Å². The van der Waals surface area contributed by atoms with Crippen LogP contribution in [0, 0.1) is 5.41 Å². The molecule has 3 unspecified atom stereocenters. The van der Waals surface area contributed by atoms with Crippen molar-refractivity contribution in [3.63, 3.8) is 0 Å². The summed E-state index contributed by atoms with van der Waals surface area (Å²) in [6.45, 7) is 4.03. The van der Waals surface area contributed by atoms with Crippen LogP contribution in [0.2, 0.25) is 0 Å². The SMILES string of the molecule is CC(C)n1ncnc1CC1(C(=O)O)CC2CCC1O2. The zero-order chi connectivity index (χ0) is 13.6. The van der Waals surface area contributed by atoms with Gasteiger partial charge in [-0.25, -0.2) is 9.67 Å². The fourth-order valence-electron chi connectivity index (χ4n) is 3.40. The lowest BCUT2D eigenvalue weighted by atomic mass is 9.71. The number of nitrogens with zero attached hydrogens (tertiary/aromatic N) is 3. The highest BCUT2D eigenvalue weighted by Gasteiger charge is 2.57. The van der Waals surface area contributed by atoms with Crippen molar-refractivity contribution in [2.75, 3.05) is 0 Å². The van der Waals surface area contributed by atoms with Gasteiger partial charge in [0.1, 0.15) is 17.6 Å². The lowest BCUT2D eigenvalue weighted by Crippen LogP contribution is -2.43. The molecule has 1 N–H and O–H groups in total. The molecular weight excluding hydrogens is 246 g/mol. The van der Waals surface area contributed by atoms with Gasteiger partial charge < -0.3 is 9.84 Å². The van der Waals surface area contributed by atoms with Crippen LogP contribution >= 0.6 is 0 Å². The van der Waals surface area contributed by atoms with Crippen LogP contribution in [-0.4, -0.2) is 38.0 Å². The fraction of sp³-hybridized carbons (Fsp3) is 0.769. The standard InChI is InChI=1S/C13H19N3O3/c1-8(2)16-11(14-7-15-16)6-13(12(17)18)5-9-3-4-10(13)19-9/h7-10H,3-6H2,1-2H3,(H,17,18). The Morgan fingerprint density at radius 3 is 2.95 bits per heavy atom. The number of fused-ring (bicyclic) bond motifs is 2. The third-order valence-corrected chi connectivity index (χ3v) is 4.35. The van der Waals surface area contributed by atoms with Gasteiger partial charge in [0.15, 0.2) is 0 Å². The second kappa shape index (κ2) is 4.30. The molecule has 0 aliphatic carbocycles. The van der Waals surface area contributed by atoms with E-state index >= 15 is 0 Å². The van der Waals surface area contributed by atoms with Gasteiger partial charge in [-0.2, -0.15) is 5.10 Å². The van der Waals surface area contributed by atoms with E-state index in [-0.39, 0.29) is 18.2 Å². The van der Waals surface area contributed by atoms with Gasteiger partial charge in [-0.15, -0.1) is 0 Å². The number of aliphatic carboxylic acids is 1. The average Bonchev–Trinajstić information content (AvgIpc) is 3.02. The van der Waals surface area contributed by atoms with Gasteiger partial charge in [0.05, 0.1) is 12.2 Å². The van der Waals surface area contributed by atoms with E-state index in [1.807, 2.05) is 13.8 Å². The van der Waals surface area contributed by atoms with Crippen molar-refractivity contribution in [3.05, 3.63) is 12.2 Å². The molecule has 1 aromatic rings. The molecule has 3 atom stereocenters. The van der Waals surface area contributed by atoms with Crippen LogP contribution in [0.1, 0.15) is 45.0 Å². The first-order valence-electron chi connectivity index (χ1n) is 6.80. The molecule has 0 radical (unpaired) electrons. The number of carboxylic acid groups (broad SMARTS) is 1. The van der Waals surface area contributed by atoms with E-state index in [1.54, 1.807) is 4.68 Å². The number of carbonyl (C=O) groups is 1. The van der Waals surface area contributed by atoms with Crippen LogP contribution in [-0.2, 0) is 16.0 Å². The molecule has 6 nitrogen and oxygen atoms in total. The van der Waals surface area contributed by atoms with E-state index in [2.05, 4.69) is 10.1 Å². The molecule has 3 rings (SSSR count). The second-order valence-corrected chi connectivity index (χ2v) is 5.88. The second-order valence-electron chi connectivity index (χ2n) is 5.88. The van der Waals surface area contributed by atoms with Gasteiger partial charge in [-0.05, 0) is 33.1 Å². The minimum atomic E-state index is -0.817. The first-order valence-corrected chi connectivity index (χ1v) is 6.80.